The molecule has 1 aromatic heterocycles. The first-order valence-electron chi connectivity index (χ1n) is 5.82. The minimum Gasteiger partial charge on any atom is -0.471 e. The van der Waals surface area contributed by atoms with Gasteiger partial charge in [0.15, 0.2) is 0 Å². The Balaban J connectivity index is 2.05. The van der Waals surface area contributed by atoms with Crippen LogP contribution in [-0.2, 0) is 6.61 Å². The molecule has 1 N–H and O–H groups in total. The average molecular weight is 282 g/mol. The molecular weight excluding hydrogens is 269 g/mol. The van der Waals surface area contributed by atoms with E-state index in [4.69, 9.17) is 16.3 Å². The third kappa shape index (κ3) is 3.79. The van der Waals surface area contributed by atoms with Crippen molar-refractivity contribution in [1.82, 2.24) is 9.97 Å². The van der Waals surface area contributed by atoms with Gasteiger partial charge in [0.1, 0.15) is 6.61 Å². The molecule has 2 rings (SSSR count). The molecular formula is C13H13ClFN3O. The topological polar surface area (TPSA) is 47.0 Å². The summed E-state index contributed by atoms with van der Waals surface area (Å²) in [4.78, 5) is 7.75. The molecule has 0 aliphatic heterocycles. The number of nitrogens with one attached hydrogen (secondary N) is 1. The summed E-state index contributed by atoms with van der Waals surface area (Å²) >= 11 is 5.78. The lowest BCUT2D eigenvalue weighted by atomic mass is 10.2. The van der Waals surface area contributed by atoms with E-state index in [9.17, 15) is 4.39 Å². The van der Waals surface area contributed by atoms with Gasteiger partial charge in [-0.2, -0.15) is 9.37 Å². The molecule has 0 unspecified atom stereocenters. The summed E-state index contributed by atoms with van der Waals surface area (Å²) in [6, 6.07) is 7.13. The molecule has 1 heterocycles. The first-order chi connectivity index (χ1) is 9.19. The quantitative estimate of drug-likeness (QED) is 0.914. The number of benzene rings is 1. The largest absolute Gasteiger partial charge is 0.471 e. The molecule has 6 heteroatoms. The molecule has 0 bridgehead atoms. The molecule has 0 saturated carbocycles. The molecule has 0 radical (unpaired) electrons. The number of aromatic nitrogens is 2. The zero-order valence-electron chi connectivity index (χ0n) is 10.4. The van der Waals surface area contributed by atoms with E-state index >= 15 is 0 Å². The van der Waals surface area contributed by atoms with E-state index in [-0.39, 0.29) is 12.5 Å². The first kappa shape index (κ1) is 13.5. The predicted octanol–water partition coefficient (Wildman–Crippen LogP) is 3.28. The van der Waals surface area contributed by atoms with Gasteiger partial charge in [-0.05, 0) is 24.6 Å². The van der Waals surface area contributed by atoms with Crippen LogP contribution in [0.15, 0.2) is 30.5 Å². The Morgan fingerprint density at radius 2 is 2.05 bits per heavy atom. The standard InChI is InChI=1S/C13H13ClFN3O/c1-2-16-13-17-7-11(15)12(18-13)19-8-9-3-5-10(14)6-4-9/h3-7H,2,8H2,1H3,(H,16,17,18). The summed E-state index contributed by atoms with van der Waals surface area (Å²) in [6.07, 6.45) is 1.09. The summed E-state index contributed by atoms with van der Waals surface area (Å²) in [5.41, 5.74) is 0.882. The van der Waals surface area contributed by atoms with Crippen molar-refractivity contribution < 1.29 is 9.13 Å². The van der Waals surface area contributed by atoms with E-state index in [1.54, 1.807) is 12.1 Å². The highest BCUT2D eigenvalue weighted by Crippen LogP contribution is 2.17. The van der Waals surface area contributed by atoms with Gasteiger partial charge >= 0.3 is 0 Å². The van der Waals surface area contributed by atoms with Gasteiger partial charge in [-0.15, -0.1) is 0 Å². The van der Waals surface area contributed by atoms with Crippen LogP contribution in [0.25, 0.3) is 0 Å². The van der Waals surface area contributed by atoms with E-state index in [0.29, 0.717) is 17.5 Å². The predicted molar refractivity (Wildman–Crippen MR) is 71.9 cm³/mol. The van der Waals surface area contributed by atoms with Crippen LogP contribution in [0.2, 0.25) is 5.02 Å². The lowest BCUT2D eigenvalue weighted by Gasteiger charge is -2.08. The molecule has 100 valence electrons. The Bertz CT molecular complexity index is 548. The molecule has 19 heavy (non-hydrogen) atoms. The van der Waals surface area contributed by atoms with Crippen LogP contribution in [0.5, 0.6) is 5.88 Å². The van der Waals surface area contributed by atoms with E-state index in [1.807, 2.05) is 19.1 Å². The molecule has 0 atom stereocenters. The smallest absolute Gasteiger partial charge is 0.255 e. The van der Waals surface area contributed by atoms with Crippen LogP contribution in [-0.4, -0.2) is 16.5 Å². The Morgan fingerprint density at radius 3 is 2.74 bits per heavy atom. The molecule has 1 aromatic carbocycles. The second-order valence-corrected chi connectivity index (χ2v) is 4.23. The maximum absolute atomic E-state index is 13.5. The number of anilines is 1. The number of rotatable bonds is 5. The summed E-state index contributed by atoms with van der Waals surface area (Å²) in [5.74, 6) is -0.313. The monoisotopic (exact) mass is 281 g/mol. The highest BCUT2D eigenvalue weighted by Gasteiger charge is 2.08. The molecule has 2 aromatic rings. The second kappa shape index (κ2) is 6.33. The van der Waals surface area contributed by atoms with Crippen LogP contribution in [0.1, 0.15) is 12.5 Å². The summed E-state index contributed by atoms with van der Waals surface area (Å²) in [7, 11) is 0. The minimum absolute atomic E-state index is 0.0686. The van der Waals surface area contributed by atoms with Gasteiger partial charge in [0, 0.05) is 11.6 Å². The number of hydrogen-bond donors (Lipinski definition) is 1. The van der Waals surface area contributed by atoms with Crippen LogP contribution in [0.3, 0.4) is 0 Å². The van der Waals surface area contributed by atoms with Gasteiger partial charge in [0.05, 0.1) is 6.20 Å². The summed E-state index contributed by atoms with van der Waals surface area (Å²) < 4.78 is 18.8. The van der Waals surface area contributed by atoms with Crippen molar-refractivity contribution in [3.8, 4) is 5.88 Å². The Labute approximate surface area is 115 Å². The SMILES string of the molecule is CCNc1ncc(F)c(OCc2ccc(Cl)cc2)n1. The van der Waals surface area contributed by atoms with Gasteiger partial charge in [-0.1, -0.05) is 23.7 Å². The second-order valence-electron chi connectivity index (χ2n) is 3.79. The lowest BCUT2D eigenvalue weighted by Crippen LogP contribution is -2.06. The van der Waals surface area contributed by atoms with E-state index in [1.165, 1.54) is 0 Å². The van der Waals surface area contributed by atoms with Crippen molar-refractivity contribution >= 4 is 17.5 Å². The number of ether oxygens (including phenoxy) is 1. The van der Waals surface area contributed by atoms with Crippen LogP contribution >= 0.6 is 11.6 Å². The molecule has 0 aliphatic rings. The third-order valence-corrected chi connectivity index (χ3v) is 2.59. The molecule has 0 fully saturated rings. The van der Waals surface area contributed by atoms with Crippen molar-refractivity contribution in [2.45, 2.75) is 13.5 Å². The van der Waals surface area contributed by atoms with Crippen molar-refractivity contribution in [2.75, 3.05) is 11.9 Å². The Morgan fingerprint density at radius 1 is 1.32 bits per heavy atom. The minimum atomic E-state index is -0.587. The maximum atomic E-state index is 13.5. The molecule has 0 saturated heterocycles. The average Bonchev–Trinajstić information content (AvgIpc) is 2.41. The van der Waals surface area contributed by atoms with Crippen molar-refractivity contribution in [3.63, 3.8) is 0 Å². The maximum Gasteiger partial charge on any atom is 0.255 e. The number of nitrogens with zero attached hydrogens (tertiary/aromatic N) is 2. The third-order valence-electron chi connectivity index (χ3n) is 2.34. The fraction of sp³-hybridized carbons (Fsp3) is 0.231. The van der Waals surface area contributed by atoms with Gasteiger partial charge < -0.3 is 10.1 Å². The summed E-state index contributed by atoms with van der Waals surface area (Å²) in [5, 5.41) is 3.54. The molecule has 0 spiro atoms. The van der Waals surface area contributed by atoms with E-state index < -0.39 is 5.82 Å². The van der Waals surface area contributed by atoms with Gasteiger partial charge in [0.2, 0.25) is 11.8 Å². The van der Waals surface area contributed by atoms with Crippen molar-refractivity contribution in [3.05, 3.63) is 46.9 Å². The van der Waals surface area contributed by atoms with Gasteiger partial charge in [0.25, 0.3) is 5.88 Å². The van der Waals surface area contributed by atoms with E-state index in [2.05, 4.69) is 15.3 Å². The van der Waals surface area contributed by atoms with Gasteiger partial charge in [-0.3, -0.25) is 0 Å². The first-order valence-corrected chi connectivity index (χ1v) is 6.20. The number of hydrogen-bond acceptors (Lipinski definition) is 4. The zero-order valence-corrected chi connectivity index (χ0v) is 11.1. The van der Waals surface area contributed by atoms with Crippen LogP contribution in [0.4, 0.5) is 10.3 Å². The zero-order chi connectivity index (χ0) is 13.7. The van der Waals surface area contributed by atoms with Crippen molar-refractivity contribution in [2.24, 2.45) is 0 Å². The molecule has 0 aliphatic carbocycles. The Hall–Kier alpha value is -1.88. The highest BCUT2D eigenvalue weighted by molar-refractivity contribution is 6.30. The van der Waals surface area contributed by atoms with E-state index in [0.717, 1.165) is 11.8 Å². The molecule has 4 nitrogen and oxygen atoms in total. The number of halogens is 2. The van der Waals surface area contributed by atoms with Crippen molar-refractivity contribution in [1.29, 1.82) is 0 Å². The van der Waals surface area contributed by atoms with Gasteiger partial charge in [-0.25, -0.2) is 4.98 Å². The molecule has 0 amide bonds. The fourth-order valence-electron chi connectivity index (χ4n) is 1.43. The highest BCUT2D eigenvalue weighted by atomic mass is 35.5. The van der Waals surface area contributed by atoms with Crippen LogP contribution < -0.4 is 10.1 Å². The summed E-state index contributed by atoms with van der Waals surface area (Å²) in [6.45, 7) is 2.78. The fourth-order valence-corrected chi connectivity index (χ4v) is 1.55. The lowest BCUT2D eigenvalue weighted by molar-refractivity contribution is 0.276. The normalized spacial score (nSPS) is 10.3. The Kier molecular flexibility index (Phi) is 4.52. The van der Waals surface area contributed by atoms with Crippen LogP contribution in [0, 0.1) is 5.82 Å².